The van der Waals surface area contributed by atoms with E-state index in [0.717, 1.165) is 46.7 Å². The smallest absolute Gasteiger partial charge is 0.417 e. The lowest BCUT2D eigenvalue weighted by Crippen LogP contribution is -3.00. The van der Waals surface area contributed by atoms with Crippen LogP contribution in [0.25, 0.3) is 0 Å². The van der Waals surface area contributed by atoms with Gasteiger partial charge in [0.15, 0.2) is 12.4 Å². The first-order valence-electron chi connectivity index (χ1n) is 19.0. The van der Waals surface area contributed by atoms with Gasteiger partial charge >= 0.3 is 6.09 Å². The number of halogens is 1. The second kappa shape index (κ2) is 24.2. The van der Waals surface area contributed by atoms with Crippen molar-refractivity contribution in [1.29, 1.82) is 0 Å². The van der Waals surface area contributed by atoms with Crippen LogP contribution in [-0.4, -0.2) is 30.6 Å². The fourth-order valence-electron chi connectivity index (χ4n) is 6.16. The number of carbonyl (C=O) groups is 2. The fourth-order valence-corrected chi connectivity index (χ4v) is 6.16. The van der Waals surface area contributed by atoms with Crippen molar-refractivity contribution >= 4 is 12.0 Å². The quantitative estimate of drug-likeness (QED) is 0.0590. The Bertz CT molecular complexity index is 1450. The number of nitrogens with zero attached hydrogens (tertiary/aromatic N) is 2. The zero-order valence-corrected chi connectivity index (χ0v) is 34.3. The number of hydrogen-bond donors (Lipinski definition) is 0. The van der Waals surface area contributed by atoms with E-state index >= 15 is 0 Å². The summed E-state index contributed by atoms with van der Waals surface area (Å²) >= 11 is 0. The van der Waals surface area contributed by atoms with E-state index in [1.807, 2.05) is 36.7 Å². The van der Waals surface area contributed by atoms with Gasteiger partial charge in [0.2, 0.25) is 0 Å². The first-order chi connectivity index (χ1) is 24.2. The number of pyridine rings is 1. The Kier molecular flexibility index (Phi) is 20.9. The Morgan fingerprint density at radius 1 is 0.745 bits per heavy atom. The van der Waals surface area contributed by atoms with Crippen LogP contribution in [0.5, 0.6) is 11.5 Å². The van der Waals surface area contributed by atoms with E-state index in [1.54, 1.807) is 24.3 Å². The van der Waals surface area contributed by atoms with Gasteiger partial charge in [0.05, 0.1) is 25.8 Å². The summed E-state index contributed by atoms with van der Waals surface area (Å²) in [5.74, 6) is 0.793. The molecule has 0 unspecified atom stereocenters. The van der Waals surface area contributed by atoms with E-state index in [2.05, 4.69) is 45.3 Å². The molecular weight excluding hydrogens is 751 g/mol. The van der Waals surface area contributed by atoms with Crippen molar-refractivity contribution in [2.45, 2.75) is 143 Å². The zero-order chi connectivity index (χ0) is 36.2. The lowest BCUT2D eigenvalue weighted by molar-refractivity contribution is -0.697. The van der Waals surface area contributed by atoms with Crippen LogP contribution in [-0.2, 0) is 29.8 Å². The minimum Gasteiger partial charge on any atom is -1.00 e. The maximum absolute atomic E-state index is 13.8. The van der Waals surface area contributed by atoms with E-state index in [4.69, 9.17) is 14.2 Å². The summed E-state index contributed by atoms with van der Waals surface area (Å²) in [7, 11) is 1.51. The third kappa shape index (κ3) is 15.6. The predicted octanol–water partition coefficient (Wildman–Crippen LogP) is 7.75. The molecular formula is C43H63IN2O5. The molecule has 8 heteroatoms. The van der Waals surface area contributed by atoms with Crippen LogP contribution in [0, 0.1) is 0 Å². The van der Waals surface area contributed by atoms with Gasteiger partial charge in [-0.2, -0.15) is 0 Å². The molecule has 0 aliphatic rings. The molecule has 2 aromatic carbocycles. The maximum Gasteiger partial charge on any atom is 0.417 e. The normalized spacial score (nSPS) is 11.1. The number of unbranched alkanes of at least 4 members (excludes halogenated alkanes) is 11. The molecule has 0 aliphatic carbocycles. The molecule has 1 aromatic heterocycles. The zero-order valence-electron chi connectivity index (χ0n) is 32.2. The van der Waals surface area contributed by atoms with Crippen LogP contribution in [0.4, 0.5) is 4.79 Å². The molecule has 282 valence electrons. The Labute approximate surface area is 325 Å². The molecule has 0 fully saturated rings. The molecule has 7 nitrogen and oxygen atoms in total. The SMILES string of the molecule is CCCCCCCCCCCCCCOc1ccc(COC(=O)N(Cc2ccc[n+](CCC)c2)C(=O)c2ccccc2OC)cc1C(C)(C)C.[I-]. The van der Waals surface area contributed by atoms with Crippen molar-refractivity contribution in [2.75, 3.05) is 13.7 Å². The van der Waals surface area contributed by atoms with Crippen molar-refractivity contribution in [3.05, 3.63) is 89.2 Å². The largest absolute Gasteiger partial charge is 1.00 e. The second-order valence-corrected chi connectivity index (χ2v) is 14.4. The molecule has 0 saturated heterocycles. The summed E-state index contributed by atoms with van der Waals surface area (Å²) in [5.41, 5.74) is 2.86. The number of imide groups is 1. The van der Waals surface area contributed by atoms with E-state index in [9.17, 15) is 9.59 Å². The Balaban J connectivity index is 0.00000901. The van der Waals surface area contributed by atoms with Crippen molar-refractivity contribution in [1.82, 2.24) is 4.90 Å². The van der Waals surface area contributed by atoms with Gasteiger partial charge in [-0.25, -0.2) is 14.3 Å². The van der Waals surface area contributed by atoms with Crippen LogP contribution in [0.1, 0.15) is 145 Å². The van der Waals surface area contributed by atoms with Crippen molar-refractivity contribution < 1.29 is 52.3 Å². The van der Waals surface area contributed by atoms with Gasteiger partial charge in [0.25, 0.3) is 5.91 Å². The number of methoxy groups -OCH3 is 1. The number of rotatable bonds is 22. The molecule has 3 rings (SSSR count). The van der Waals surface area contributed by atoms with Gasteiger partial charge in [0.1, 0.15) is 24.7 Å². The van der Waals surface area contributed by atoms with E-state index in [-0.39, 0.29) is 42.5 Å². The van der Waals surface area contributed by atoms with Gasteiger partial charge in [-0.1, -0.05) is 123 Å². The van der Waals surface area contributed by atoms with Crippen LogP contribution in [0.15, 0.2) is 67.0 Å². The Morgan fingerprint density at radius 3 is 2.02 bits per heavy atom. The number of aromatic nitrogens is 1. The highest BCUT2D eigenvalue weighted by atomic mass is 127. The molecule has 51 heavy (non-hydrogen) atoms. The van der Waals surface area contributed by atoms with Crippen LogP contribution in [0.2, 0.25) is 0 Å². The highest BCUT2D eigenvalue weighted by Gasteiger charge is 2.28. The van der Waals surface area contributed by atoms with Crippen molar-refractivity contribution in [3.8, 4) is 11.5 Å². The molecule has 0 bridgehead atoms. The molecule has 0 aliphatic heterocycles. The molecule has 0 spiro atoms. The second-order valence-electron chi connectivity index (χ2n) is 14.4. The minimum absolute atomic E-state index is 0. The lowest BCUT2D eigenvalue weighted by Gasteiger charge is -2.24. The number of amides is 2. The summed E-state index contributed by atoms with van der Waals surface area (Å²) in [6.07, 6.45) is 19.9. The maximum atomic E-state index is 13.8. The highest BCUT2D eigenvalue weighted by molar-refractivity contribution is 6.04. The molecule has 2 amide bonds. The first-order valence-corrected chi connectivity index (χ1v) is 19.0. The van der Waals surface area contributed by atoms with Gasteiger partial charge < -0.3 is 38.2 Å². The average molecular weight is 815 g/mol. The molecule has 0 atom stereocenters. The summed E-state index contributed by atoms with van der Waals surface area (Å²) < 4.78 is 19.6. The number of para-hydroxylation sites is 1. The third-order valence-electron chi connectivity index (χ3n) is 9.01. The monoisotopic (exact) mass is 814 g/mol. The van der Waals surface area contributed by atoms with E-state index in [0.29, 0.717) is 17.9 Å². The number of carbonyl (C=O) groups excluding carboxylic acids is 2. The first kappa shape index (κ1) is 44.0. The molecule has 3 aromatic rings. The molecule has 1 heterocycles. The van der Waals surface area contributed by atoms with E-state index < -0.39 is 12.0 Å². The third-order valence-corrected chi connectivity index (χ3v) is 9.01. The molecule has 0 saturated carbocycles. The Hall–Kier alpha value is -3.14. The fraction of sp³-hybridized carbons (Fsp3) is 0.558. The van der Waals surface area contributed by atoms with Gasteiger partial charge in [-0.3, -0.25) is 4.79 Å². The van der Waals surface area contributed by atoms with Gasteiger partial charge in [0, 0.05) is 18.1 Å². The average Bonchev–Trinajstić information content (AvgIpc) is 3.11. The molecule has 0 radical (unpaired) electrons. The Morgan fingerprint density at radius 2 is 1.39 bits per heavy atom. The summed E-state index contributed by atoms with van der Waals surface area (Å²) in [6, 6.07) is 16.7. The standard InChI is InChI=1S/C43H63N2O5.HI/c1-7-9-10-11-12-13-14-15-16-17-18-21-30-49-40-27-26-35(31-38(40)43(3,4)5)34-50-42(47)45(33-36-23-22-29-44(32-36)28-8-2)41(46)37-24-19-20-25-39(37)48-6;/h19-20,22-27,29,31-32H,7-18,21,28,30,33-34H2,1-6H3;1H/q+1;/p-1. The van der Waals surface area contributed by atoms with Crippen molar-refractivity contribution in [2.24, 2.45) is 0 Å². The minimum atomic E-state index is -0.712. The van der Waals surface area contributed by atoms with Crippen molar-refractivity contribution in [3.63, 3.8) is 0 Å². The predicted molar refractivity (Wildman–Crippen MR) is 202 cm³/mol. The van der Waals surface area contributed by atoms with E-state index in [1.165, 1.54) is 77.7 Å². The summed E-state index contributed by atoms with van der Waals surface area (Å²) in [4.78, 5) is 28.6. The number of aryl methyl sites for hydroxylation is 1. The van der Waals surface area contributed by atoms with Gasteiger partial charge in [-0.15, -0.1) is 0 Å². The van der Waals surface area contributed by atoms with Gasteiger partial charge in [-0.05, 0) is 53.3 Å². The van der Waals surface area contributed by atoms with Crippen LogP contribution >= 0.6 is 0 Å². The number of benzene rings is 2. The summed E-state index contributed by atoms with van der Waals surface area (Å²) in [5, 5.41) is 0. The number of hydrogen-bond acceptors (Lipinski definition) is 5. The van der Waals surface area contributed by atoms with Crippen LogP contribution < -0.4 is 38.0 Å². The summed E-state index contributed by atoms with van der Waals surface area (Å²) in [6.45, 7) is 12.5. The van der Waals surface area contributed by atoms with Crippen LogP contribution in [0.3, 0.4) is 0 Å². The number of ether oxygens (including phenoxy) is 3. The molecule has 0 N–H and O–H groups in total. The topological polar surface area (TPSA) is 69.0 Å². The highest BCUT2D eigenvalue weighted by Crippen LogP contribution is 2.33. The lowest BCUT2D eigenvalue weighted by atomic mass is 9.85.